The summed E-state index contributed by atoms with van der Waals surface area (Å²) in [7, 11) is 0. The van der Waals surface area contributed by atoms with Crippen molar-refractivity contribution in [3.8, 4) is 21.9 Å². The zero-order valence-electron chi connectivity index (χ0n) is 22.9. The zero-order chi connectivity index (χ0) is 26.3. The van der Waals surface area contributed by atoms with Crippen molar-refractivity contribution in [2.45, 2.75) is 46.0 Å². The number of rotatable bonds is 11. The maximum Gasteiger partial charge on any atom is 0.119 e. The van der Waals surface area contributed by atoms with Crippen molar-refractivity contribution >= 4 is 21.4 Å². The first-order valence-electron chi connectivity index (χ1n) is 14.7. The van der Waals surface area contributed by atoms with Gasteiger partial charge in [-0.15, -0.1) is 11.3 Å². The minimum absolute atomic E-state index is 0. The molecule has 0 aliphatic carbocycles. The van der Waals surface area contributed by atoms with Gasteiger partial charge < -0.3 is 9.47 Å². The van der Waals surface area contributed by atoms with E-state index in [0.717, 1.165) is 44.2 Å². The first kappa shape index (κ1) is 28.7. The van der Waals surface area contributed by atoms with Gasteiger partial charge in [-0.05, 0) is 123 Å². The molecule has 0 atom stereocenters. The van der Waals surface area contributed by atoms with E-state index in [1.54, 1.807) is 0 Å². The molecule has 3 aromatic carbocycles. The third-order valence-corrected chi connectivity index (χ3v) is 9.38. The summed E-state index contributed by atoms with van der Waals surface area (Å²) in [4.78, 5) is 6.36. The van der Waals surface area contributed by atoms with E-state index in [4.69, 9.17) is 9.47 Å². The summed E-state index contributed by atoms with van der Waals surface area (Å²) < 4.78 is 13.5. The topological polar surface area (TPSA) is 24.9 Å². The second-order valence-corrected chi connectivity index (χ2v) is 12.0. The van der Waals surface area contributed by atoms with Crippen LogP contribution < -0.4 is 9.47 Å². The lowest BCUT2D eigenvalue weighted by Crippen LogP contribution is -2.33. The van der Waals surface area contributed by atoms with Gasteiger partial charge >= 0.3 is 0 Å². The molecular weight excluding hydrogens is 512 g/mol. The molecule has 3 heterocycles. The van der Waals surface area contributed by atoms with Crippen LogP contribution in [0.5, 0.6) is 11.5 Å². The van der Waals surface area contributed by atoms with Gasteiger partial charge in [0.05, 0.1) is 0 Å². The second kappa shape index (κ2) is 14.2. The van der Waals surface area contributed by atoms with Crippen molar-refractivity contribution in [1.82, 2.24) is 9.80 Å². The van der Waals surface area contributed by atoms with Crippen LogP contribution in [0.1, 0.15) is 50.7 Å². The molecule has 0 saturated carbocycles. The van der Waals surface area contributed by atoms with Gasteiger partial charge in [0, 0.05) is 22.7 Å². The SMILES string of the molecule is C.c1ccc2c(Cc3ccc(OCCN4CCCCC4)cc3)c(-c3ccc(OCCN4CCCC4)cc3)sc2c1. The van der Waals surface area contributed by atoms with Crippen LogP contribution in [0.25, 0.3) is 20.5 Å². The Morgan fingerprint density at radius 3 is 1.80 bits per heavy atom. The second-order valence-electron chi connectivity index (χ2n) is 10.9. The number of hydrogen-bond donors (Lipinski definition) is 0. The van der Waals surface area contributed by atoms with E-state index in [1.165, 1.54) is 89.9 Å². The van der Waals surface area contributed by atoms with Gasteiger partial charge in [-0.25, -0.2) is 0 Å². The highest BCUT2D eigenvalue weighted by atomic mass is 32.1. The molecule has 1 aromatic heterocycles. The molecule has 4 aromatic rings. The van der Waals surface area contributed by atoms with Gasteiger partial charge in [0.25, 0.3) is 0 Å². The van der Waals surface area contributed by atoms with Crippen molar-refractivity contribution in [2.75, 3.05) is 52.5 Å². The minimum atomic E-state index is 0. The minimum Gasteiger partial charge on any atom is -0.492 e. The Bertz CT molecular complexity index is 1320. The van der Waals surface area contributed by atoms with Crippen molar-refractivity contribution in [1.29, 1.82) is 0 Å². The maximum atomic E-state index is 6.08. The van der Waals surface area contributed by atoms with E-state index >= 15 is 0 Å². The predicted molar refractivity (Wildman–Crippen MR) is 170 cm³/mol. The van der Waals surface area contributed by atoms with E-state index in [1.807, 2.05) is 11.3 Å². The number of thiophene rings is 1. The largest absolute Gasteiger partial charge is 0.492 e. The molecule has 5 heteroatoms. The number of nitrogens with zero attached hydrogens (tertiary/aromatic N) is 2. The smallest absolute Gasteiger partial charge is 0.119 e. The Morgan fingerprint density at radius 1 is 0.625 bits per heavy atom. The Labute approximate surface area is 244 Å². The average molecular weight is 557 g/mol. The fourth-order valence-electron chi connectivity index (χ4n) is 5.89. The van der Waals surface area contributed by atoms with Crippen LogP contribution in [0.4, 0.5) is 0 Å². The third kappa shape index (κ3) is 7.25. The predicted octanol–water partition coefficient (Wildman–Crippen LogP) is 8.13. The van der Waals surface area contributed by atoms with Crippen LogP contribution in [-0.4, -0.2) is 62.3 Å². The molecule has 2 aliphatic rings. The molecule has 2 aliphatic heterocycles. The van der Waals surface area contributed by atoms with Gasteiger partial charge in [0.1, 0.15) is 24.7 Å². The monoisotopic (exact) mass is 556 g/mol. The Kier molecular flexibility index (Phi) is 10.1. The van der Waals surface area contributed by atoms with Crippen molar-refractivity contribution < 1.29 is 9.47 Å². The van der Waals surface area contributed by atoms with E-state index in [2.05, 4.69) is 82.6 Å². The van der Waals surface area contributed by atoms with E-state index < -0.39 is 0 Å². The molecule has 40 heavy (non-hydrogen) atoms. The van der Waals surface area contributed by atoms with Crippen LogP contribution in [-0.2, 0) is 6.42 Å². The first-order valence-corrected chi connectivity index (χ1v) is 15.5. The molecule has 0 spiro atoms. The lowest BCUT2D eigenvalue weighted by atomic mass is 9.99. The molecule has 0 N–H and O–H groups in total. The summed E-state index contributed by atoms with van der Waals surface area (Å²) in [5, 5.41) is 1.35. The molecule has 212 valence electrons. The highest BCUT2D eigenvalue weighted by molar-refractivity contribution is 7.22. The molecular formula is C35H44N2O2S. The van der Waals surface area contributed by atoms with Crippen molar-refractivity contribution in [3.05, 3.63) is 83.9 Å². The Morgan fingerprint density at radius 2 is 1.18 bits per heavy atom. The summed E-state index contributed by atoms with van der Waals surface area (Å²) >= 11 is 1.89. The standard InChI is InChI=1S/C34H40N2O2S.CH4/c1-4-18-35(19-5-1)22-24-37-29-14-10-27(11-15-29)26-32-31-8-2-3-9-33(31)39-34(32)28-12-16-30(17-13-28)38-25-23-36-20-6-7-21-36;/h2-3,8-17H,1,4-7,18-26H2;1H4. The quantitative estimate of drug-likeness (QED) is 0.186. The highest BCUT2D eigenvalue weighted by Gasteiger charge is 2.15. The summed E-state index contributed by atoms with van der Waals surface area (Å²) in [6.07, 6.45) is 7.57. The van der Waals surface area contributed by atoms with Crippen LogP contribution in [0, 0.1) is 0 Å². The lowest BCUT2D eigenvalue weighted by Gasteiger charge is -2.26. The molecule has 0 unspecified atom stereocenters. The fraction of sp³-hybridized carbons (Fsp3) is 0.429. The summed E-state index contributed by atoms with van der Waals surface area (Å²) in [6.45, 7) is 8.42. The number of fused-ring (bicyclic) bond motifs is 1. The average Bonchev–Trinajstić information content (AvgIpc) is 3.63. The number of likely N-dealkylation sites (tertiary alicyclic amines) is 2. The van der Waals surface area contributed by atoms with Crippen LogP contribution in [0.2, 0.25) is 0 Å². The molecule has 4 nitrogen and oxygen atoms in total. The summed E-state index contributed by atoms with van der Waals surface area (Å²) in [5.41, 5.74) is 3.97. The van der Waals surface area contributed by atoms with Crippen LogP contribution in [0.15, 0.2) is 72.8 Å². The molecule has 0 bridgehead atoms. The number of hydrogen-bond acceptors (Lipinski definition) is 5. The molecule has 2 fully saturated rings. The fourth-order valence-corrected chi connectivity index (χ4v) is 7.12. The van der Waals surface area contributed by atoms with Crippen LogP contribution in [0.3, 0.4) is 0 Å². The number of benzene rings is 3. The number of piperidine rings is 1. The third-order valence-electron chi connectivity index (χ3n) is 8.12. The van der Waals surface area contributed by atoms with E-state index in [-0.39, 0.29) is 7.43 Å². The van der Waals surface area contributed by atoms with Gasteiger partial charge in [-0.1, -0.05) is 44.2 Å². The van der Waals surface area contributed by atoms with Crippen molar-refractivity contribution in [3.63, 3.8) is 0 Å². The van der Waals surface area contributed by atoms with Crippen molar-refractivity contribution in [2.24, 2.45) is 0 Å². The van der Waals surface area contributed by atoms with Crippen LogP contribution >= 0.6 is 11.3 Å². The van der Waals surface area contributed by atoms with E-state index in [9.17, 15) is 0 Å². The van der Waals surface area contributed by atoms with Gasteiger partial charge in [-0.2, -0.15) is 0 Å². The normalized spacial score (nSPS) is 16.2. The highest BCUT2D eigenvalue weighted by Crippen LogP contribution is 2.40. The zero-order valence-corrected chi connectivity index (χ0v) is 23.8. The van der Waals surface area contributed by atoms with E-state index in [0.29, 0.717) is 0 Å². The van der Waals surface area contributed by atoms with Gasteiger partial charge in [0.15, 0.2) is 0 Å². The van der Waals surface area contributed by atoms with Gasteiger partial charge in [0.2, 0.25) is 0 Å². The molecule has 6 rings (SSSR count). The number of ether oxygens (including phenoxy) is 2. The lowest BCUT2D eigenvalue weighted by molar-refractivity contribution is 0.183. The molecule has 0 radical (unpaired) electrons. The van der Waals surface area contributed by atoms with Gasteiger partial charge in [-0.3, -0.25) is 9.80 Å². The first-order chi connectivity index (χ1) is 19.3. The summed E-state index contributed by atoms with van der Waals surface area (Å²) in [5.74, 6) is 1.92. The Balaban J connectivity index is 0.00000323. The molecule has 0 amide bonds. The maximum absolute atomic E-state index is 6.08. The molecule has 2 saturated heterocycles. The summed E-state index contributed by atoms with van der Waals surface area (Å²) in [6, 6.07) is 26.2. The Hall–Kier alpha value is -2.86.